The van der Waals surface area contributed by atoms with Crippen LogP contribution in [0, 0.1) is 0 Å². The van der Waals surface area contributed by atoms with Crippen LogP contribution in [0.1, 0.15) is 102 Å². The van der Waals surface area contributed by atoms with Gasteiger partial charge in [-0.25, -0.2) is 4.98 Å². The number of carbonyl (C=O) groups excluding carboxylic acids is 2. The highest BCUT2D eigenvalue weighted by atomic mass is 16.5. The maximum Gasteiger partial charge on any atom is 0.323 e. The van der Waals surface area contributed by atoms with Crippen LogP contribution in [-0.4, -0.2) is 98.7 Å². The molecule has 6 rings (SSSR count). The average Bonchev–Trinajstić information content (AvgIpc) is 3.87. The molecule has 1 atom stereocenters. The molecule has 284 valence electrons. The first kappa shape index (κ1) is 37.9. The van der Waals surface area contributed by atoms with Gasteiger partial charge in [-0.05, 0) is 102 Å². The molecule has 52 heavy (non-hydrogen) atoms. The summed E-state index contributed by atoms with van der Waals surface area (Å²) in [6, 6.07) is 8.10. The fourth-order valence-corrected chi connectivity index (χ4v) is 7.56. The summed E-state index contributed by atoms with van der Waals surface area (Å²) in [5.74, 6) is 0.934. The molecule has 14 nitrogen and oxygen atoms in total. The van der Waals surface area contributed by atoms with Crippen molar-refractivity contribution in [2.45, 2.75) is 134 Å². The average molecular weight is 718 g/mol. The molecule has 3 aromatic rings. The number of aryl methyl sites for hydroxylation is 1. The Labute approximate surface area is 307 Å². The van der Waals surface area contributed by atoms with Crippen LogP contribution in [0.3, 0.4) is 0 Å². The van der Waals surface area contributed by atoms with Gasteiger partial charge >= 0.3 is 5.97 Å². The number of fused-ring (bicyclic) bond motifs is 1. The zero-order valence-electron chi connectivity index (χ0n) is 30.7. The van der Waals surface area contributed by atoms with Crippen LogP contribution in [0.15, 0.2) is 30.5 Å². The topological polar surface area (TPSA) is 177 Å². The normalized spacial score (nSPS) is 18.1. The molecule has 1 amide bonds. The summed E-state index contributed by atoms with van der Waals surface area (Å²) in [7, 11) is 0. The summed E-state index contributed by atoms with van der Waals surface area (Å²) in [6.45, 7) is 5.63. The zero-order chi connectivity index (χ0) is 36.0. The lowest BCUT2D eigenvalue weighted by Gasteiger charge is -2.33. The smallest absolute Gasteiger partial charge is 0.323 e. The number of carbonyl (C=O) groups is 2. The van der Waals surface area contributed by atoms with Crippen LogP contribution in [-0.2, 0) is 27.4 Å². The van der Waals surface area contributed by atoms with Gasteiger partial charge in [0.25, 0.3) is 0 Å². The molecule has 3 fully saturated rings. The molecule has 1 saturated heterocycles. The Bertz CT molecular complexity index is 1550. The summed E-state index contributed by atoms with van der Waals surface area (Å²) in [5.41, 5.74) is 7.74. The van der Waals surface area contributed by atoms with Gasteiger partial charge in [-0.15, -0.1) is 5.10 Å². The number of rotatable bonds is 19. The van der Waals surface area contributed by atoms with E-state index in [1.807, 2.05) is 40.0 Å². The number of likely N-dealkylation sites (tertiary alicyclic amines) is 1. The van der Waals surface area contributed by atoms with Gasteiger partial charge in [0.05, 0.1) is 18.3 Å². The van der Waals surface area contributed by atoms with E-state index in [4.69, 9.17) is 20.4 Å². The summed E-state index contributed by atoms with van der Waals surface area (Å²) < 4.78 is 7.41. The SMILES string of the molecule is N[C@@H](CCC(=O)N1CCC(Nc2nc(NCc3cn(CCCNCCCNC4CCCCC4)nn3)nc3ccccc23)CC1)C(=O)OC1CCCC1. The summed E-state index contributed by atoms with van der Waals surface area (Å²) in [5, 5.41) is 23.9. The van der Waals surface area contributed by atoms with Gasteiger partial charge < -0.3 is 36.6 Å². The Morgan fingerprint density at radius 3 is 2.50 bits per heavy atom. The second kappa shape index (κ2) is 19.8. The number of amides is 1. The Hall–Kier alpha value is -3.88. The van der Waals surface area contributed by atoms with Crippen molar-refractivity contribution in [3.63, 3.8) is 0 Å². The first-order chi connectivity index (χ1) is 25.5. The van der Waals surface area contributed by atoms with Crippen molar-refractivity contribution in [1.29, 1.82) is 0 Å². The lowest BCUT2D eigenvalue weighted by Crippen LogP contribution is -2.43. The number of ether oxygens (including phenoxy) is 1. The van der Waals surface area contributed by atoms with Crippen LogP contribution in [0.2, 0.25) is 0 Å². The minimum atomic E-state index is -0.759. The summed E-state index contributed by atoms with van der Waals surface area (Å²) in [4.78, 5) is 36.8. The molecule has 1 aliphatic heterocycles. The minimum absolute atomic E-state index is 0.0159. The highest BCUT2D eigenvalue weighted by Crippen LogP contribution is 2.26. The Balaban J connectivity index is 0.901. The standard InChI is InChI=1S/C38H59N11O3/c39-33(37(51)52-31-12-4-5-13-31)16-17-35(50)48-24-18-29(19-25-48)43-36-32-14-6-7-15-34(32)44-38(45-36)42-26-30-27-49(47-46-30)23-9-21-40-20-8-22-41-28-10-2-1-3-11-28/h6-7,14-15,27-29,31,33,40-41H,1-5,8-13,16-26,39H2,(H2,42,43,44,45)/t33-/m0/s1. The molecule has 0 radical (unpaired) electrons. The number of nitrogens with two attached hydrogens (primary N) is 1. The number of para-hydroxylation sites is 1. The lowest BCUT2D eigenvalue weighted by molar-refractivity contribution is -0.150. The summed E-state index contributed by atoms with van der Waals surface area (Å²) >= 11 is 0. The number of nitrogens with one attached hydrogen (secondary N) is 4. The van der Waals surface area contributed by atoms with Crippen LogP contribution >= 0.6 is 0 Å². The van der Waals surface area contributed by atoms with Crippen LogP contribution in [0.25, 0.3) is 10.9 Å². The van der Waals surface area contributed by atoms with Gasteiger partial charge in [0, 0.05) is 43.5 Å². The van der Waals surface area contributed by atoms with E-state index < -0.39 is 6.04 Å². The highest BCUT2D eigenvalue weighted by molar-refractivity contribution is 5.90. The fraction of sp³-hybridized carbons (Fsp3) is 0.684. The molecular formula is C38H59N11O3. The third-order valence-corrected chi connectivity index (χ3v) is 10.7. The van der Waals surface area contributed by atoms with Gasteiger partial charge in [-0.3, -0.25) is 14.3 Å². The number of hydrogen-bond acceptors (Lipinski definition) is 12. The van der Waals surface area contributed by atoms with Gasteiger partial charge in [0.1, 0.15) is 23.7 Å². The van der Waals surface area contributed by atoms with Gasteiger partial charge in [-0.2, -0.15) is 4.98 Å². The predicted octanol–water partition coefficient (Wildman–Crippen LogP) is 4.12. The first-order valence-corrected chi connectivity index (χ1v) is 19.8. The van der Waals surface area contributed by atoms with Crippen LogP contribution < -0.4 is 27.0 Å². The molecule has 0 spiro atoms. The van der Waals surface area contributed by atoms with Crippen molar-refractivity contribution < 1.29 is 14.3 Å². The van der Waals surface area contributed by atoms with Crippen molar-refractivity contribution in [3.05, 3.63) is 36.2 Å². The molecule has 3 aliphatic rings. The number of anilines is 2. The van der Waals surface area contributed by atoms with E-state index in [2.05, 4.69) is 31.6 Å². The quantitative estimate of drug-likeness (QED) is 0.0887. The molecule has 0 unspecified atom stereocenters. The number of esters is 1. The van der Waals surface area contributed by atoms with Crippen molar-refractivity contribution >= 4 is 34.5 Å². The Kier molecular flexibility index (Phi) is 14.4. The number of hydrogen-bond donors (Lipinski definition) is 5. The van der Waals surface area contributed by atoms with Crippen molar-refractivity contribution in [2.24, 2.45) is 5.73 Å². The Morgan fingerprint density at radius 1 is 0.904 bits per heavy atom. The second-order valence-corrected chi connectivity index (χ2v) is 14.8. The Morgan fingerprint density at radius 2 is 1.67 bits per heavy atom. The number of benzene rings is 1. The number of aromatic nitrogens is 5. The lowest BCUT2D eigenvalue weighted by atomic mass is 9.95. The van der Waals surface area contributed by atoms with E-state index in [0.717, 1.165) is 106 Å². The van der Waals surface area contributed by atoms with Gasteiger partial charge in [0.2, 0.25) is 11.9 Å². The van der Waals surface area contributed by atoms with E-state index in [-0.39, 0.29) is 30.4 Å². The van der Waals surface area contributed by atoms with E-state index in [0.29, 0.717) is 32.0 Å². The molecule has 0 bridgehead atoms. The first-order valence-electron chi connectivity index (χ1n) is 19.8. The molecule has 3 heterocycles. The van der Waals surface area contributed by atoms with Gasteiger partial charge in [-0.1, -0.05) is 36.6 Å². The van der Waals surface area contributed by atoms with E-state index in [9.17, 15) is 9.59 Å². The highest BCUT2D eigenvalue weighted by Gasteiger charge is 2.27. The molecule has 2 saturated carbocycles. The predicted molar refractivity (Wildman–Crippen MR) is 203 cm³/mol. The third kappa shape index (κ3) is 11.6. The number of piperidine rings is 1. The molecule has 1 aromatic carbocycles. The summed E-state index contributed by atoms with van der Waals surface area (Å²) in [6.07, 6.45) is 17.0. The third-order valence-electron chi connectivity index (χ3n) is 10.7. The molecule has 14 heteroatoms. The molecule has 6 N–H and O–H groups in total. The van der Waals surface area contributed by atoms with Crippen molar-refractivity contribution in [1.82, 2.24) is 40.5 Å². The van der Waals surface area contributed by atoms with E-state index in [1.54, 1.807) is 0 Å². The van der Waals surface area contributed by atoms with Crippen LogP contribution in [0.4, 0.5) is 11.8 Å². The maximum absolute atomic E-state index is 13.0. The van der Waals surface area contributed by atoms with E-state index in [1.165, 1.54) is 32.1 Å². The number of nitrogens with zero attached hydrogens (tertiary/aromatic N) is 6. The molecule has 2 aromatic heterocycles. The molecule has 2 aliphatic carbocycles. The molecular weight excluding hydrogens is 658 g/mol. The maximum atomic E-state index is 13.0. The van der Waals surface area contributed by atoms with Crippen LogP contribution in [0.5, 0.6) is 0 Å². The van der Waals surface area contributed by atoms with Crippen molar-refractivity contribution in [2.75, 3.05) is 43.4 Å². The van der Waals surface area contributed by atoms with Crippen molar-refractivity contribution in [3.8, 4) is 0 Å². The second-order valence-electron chi connectivity index (χ2n) is 14.8. The fourth-order valence-electron chi connectivity index (χ4n) is 7.56. The minimum Gasteiger partial charge on any atom is -0.461 e. The van der Waals surface area contributed by atoms with Gasteiger partial charge in [0.15, 0.2) is 0 Å². The zero-order valence-corrected chi connectivity index (χ0v) is 30.7. The largest absolute Gasteiger partial charge is 0.461 e. The monoisotopic (exact) mass is 717 g/mol. The van der Waals surface area contributed by atoms with E-state index >= 15 is 0 Å².